The van der Waals surface area contributed by atoms with Crippen LogP contribution in [0.4, 0.5) is 8.78 Å². The van der Waals surface area contributed by atoms with Crippen molar-refractivity contribution in [1.29, 1.82) is 0 Å². The third kappa shape index (κ3) is 5.68. The Morgan fingerprint density at radius 1 is 1.16 bits per heavy atom. The van der Waals surface area contributed by atoms with Gasteiger partial charge < -0.3 is 5.32 Å². The van der Waals surface area contributed by atoms with E-state index in [4.69, 9.17) is 0 Å². The monoisotopic (exact) mass is 269 g/mol. The highest BCUT2D eigenvalue weighted by atomic mass is 19.2. The van der Waals surface area contributed by atoms with Crippen LogP contribution in [0.1, 0.15) is 45.6 Å². The van der Waals surface area contributed by atoms with Gasteiger partial charge in [0.15, 0.2) is 11.6 Å². The van der Waals surface area contributed by atoms with Crippen molar-refractivity contribution in [3.63, 3.8) is 0 Å². The van der Waals surface area contributed by atoms with E-state index in [-0.39, 0.29) is 0 Å². The molecule has 1 nitrogen and oxygen atoms in total. The van der Waals surface area contributed by atoms with E-state index in [1.54, 1.807) is 6.07 Å². The highest BCUT2D eigenvalue weighted by Gasteiger charge is 2.13. The average molecular weight is 269 g/mol. The van der Waals surface area contributed by atoms with Crippen molar-refractivity contribution in [3.05, 3.63) is 35.4 Å². The fourth-order valence-corrected chi connectivity index (χ4v) is 2.19. The molecular formula is C16H25F2N. The quantitative estimate of drug-likeness (QED) is 0.741. The molecule has 0 bridgehead atoms. The molecular weight excluding hydrogens is 244 g/mol. The smallest absolute Gasteiger partial charge is 0.159 e. The predicted molar refractivity (Wildman–Crippen MR) is 76.2 cm³/mol. The van der Waals surface area contributed by atoms with E-state index in [9.17, 15) is 8.78 Å². The molecule has 0 aliphatic rings. The Balaban J connectivity index is 2.66. The lowest BCUT2D eigenvalue weighted by Crippen LogP contribution is -2.33. The fourth-order valence-electron chi connectivity index (χ4n) is 2.19. The Labute approximate surface area is 115 Å². The zero-order chi connectivity index (χ0) is 14.3. The summed E-state index contributed by atoms with van der Waals surface area (Å²) >= 11 is 0. The van der Waals surface area contributed by atoms with Gasteiger partial charge in [-0.15, -0.1) is 0 Å². The Morgan fingerprint density at radius 3 is 2.47 bits per heavy atom. The molecule has 108 valence electrons. The van der Waals surface area contributed by atoms with Gasteiger partial charge in [0.05, 0.1) is 0 Å². The van der Waals surface area contributed by atoms with Crippen molar-refractivity contribution in [3.8, 4) is 0 Å². The first-order chi connectivity index (χ1) is 9.06. The molecule has 0 aliphatic carbocycles. The number of rotatable bonds is 8. The molecule has 2 atom stereocenters. The molecule has 3 heteroatoms. The van der Waals surface area contributed by atoms with Crippen molar-refractivity contribution < 1.29 is 8.78 Å². The lowest BCUT2D eigenvalue weighted by molar-refractivity contribution is 0.390. The minimum absolute atomic E-state index is 0.333. The van der Waals surface area contributed by atoms with Crippen molar-refractivity contribution in [2.75, 3.05) is 6.54 Å². The van der Waals surface area contributed by atoms with Crippen LogP contribution in [0.2, 0.25) is 0 Å². The van der Waals surface area contributed by atoms with Crippen LogP contribution in [0.15, 0.2) is 18.2 Å². The van der Waals surface area contributed by atoms with Gasteiger partial charge in [-0.1, -0.05) is 33.3 Å². The predicted octanol–water partition coefficient (Wildman–Crippen LogP) is 4.31. The standard InChI is InChI=1S/C16H25F2N/c1-4-8-19-14(9-12(3)5-2)10-13-6-7-15(17)16(18)11-13/h6-7,11-12,14,19H,4-5,8-10H2,1-3H3. The number of halogens is 2. The Morgan fingerprint density at radius 2 is 1.89 bits per heavy atom. The number of nitrogens with one attached hydrogen (secondary N) is 1. The molecule has 0 amide bonds. The van der Waals surface area contributed by atoms with Gasteiger partial charge in [-0.25, -0.2) is 8.78 Å². The van der Waals surface area contributed by atoms with Crippen molar-refractivity contribution in [1.82, 2.24) is 5.32 Å². The van der Waals surface area contributed by atoms with Crippen molar-refractivity contribution in [2.45, 2.75) is 52.5 Å². The summed E-state index contributed by atoms with van der Waals surface area (Å²) in [6.07, 6.45) is 4.04. The lowest BCUT2D eigenvalue weighted by atomic mass is 9.94. The first kappa shape index (κ1) is 16.1. The van der Waals surface area contributed by atoms with E-state index >= 15 is 0 Å². The molecule has 0 heterocycles. The minimum Gasteiger partial charge on any atom is -0.314 e. The zero-order valence-corrected chi connectivity index (χ0v) is 12.2. The summed E-state index contributed by atoms with van der Waals surface area (Å²) in [4.78, 5) is 0. The first-order valence-corrected chi connectivity index (χ1v) is 7.24. The van der Waals surface area contributed by atoms with Crippen LogP contribution in [0, 0.1) is 17.6 Å². The van der Waals surface area contributed by atoms with Crippen LogP contribution in [-0.4, -0.2) is 12.6 Å². The lowest BCUT2D eigenvalue weighted by Gasteiger charge is -2.22. The summed E-state index contributed by atoms with van der Waals surface area (Å²) in [6.45, 7) is 7.50. The van der Waals surface area contributed by atoms with Crippen LogP contribution < -0.4 is 5.32 Å². The first-order valence-electron chi connectivity index (χ1n) is 7.24. The topological polar surface area (TPSA) is 12.0 Å². The van der Waals surface area contributed by atoms with E-state index in [1.807, 2.05) is 0 Å². The van der Waals surface area contributed by atoms with Gasteiger partial charge in [0.2, 0.25) is 0 Å². The molecule has 19 heavy (non-hydrogen) atoms. The normalized spacial score (nSPS) is 14.4. The molecule has 0 aliphatic heterocycles. The van der Waals surface area contributed by atoms with Crippen LogP contribution in [0.5, 0.6) is 0 Å². The molecule has 0 saturated carbocycles. The number of hydrogen-bond donors (Lipinski definition) is 1. The van der Waals surface area contributed by atoms with Crippen molar-refractivity contribution in [2.24, 2.45) is 5.92 Å². The zero-order valence-electron chi connectivity index (χ0n) is 12.2. The van der Waals surface area contributed by atoms with Gasteiger partial charge in [0.25, 0.3) is 0 Å². The van der Waals surface area contributed by atoms with Crippen LogP contribution in [0.25, 0.3) is 0 Å². The molecule has 0 spiro atoms. The Kier molecular flexibility index (Phi) is 7.00. The second-order valence-electron chi connectivity index (χ2n) is 5.35. The summed E-state index contributed by atoms with van der Waals surface area (Å²) in [5.74, 6) is -0.890. The van der Waals surface area contributed by atoms with E-state index in [1.165, 1.54) is 12.1 Å². The average Bonchev–Trinajstić information content (AvgIpc) is 2.40. The summed E-state index contributed by atoms with van der Waals surface area (Å²) < 4.78 is 26.1. The fraction of sp³-hybridized carbons (Fsp3) is 0.625. The molecule has 0 saturated heterocycles. The molecule has 1 N–H and O–H groups in total. The maximum absolute atomic E-state index is 13.2. The van der Waals surface area contributed by atoms with Gasteiger partial charge in [-0.05, 0) is 49.4 Å². The largest absolute Gasteiger partial charge is 0.314 e. The third-order valence-electron chi connectivity index (χ3n) is 3.53. The van der Waals surface area contributed by atoms with E-state index < -0.39 is 11.6 Å². The maximum Gasteiger partial charge on any atom is 0.159 e. The molecule has 1 aromatic rings. The molecule has 2 unspecified atom stereocenters. The van der Waals surface area contributed by atoms with E-state index in [0.717, 1.165) is 37.8 Å². The summed E-state index contributed by atoms with van der Waals surface area (Å²) in [6, 6.07) is 4.53. The molecule has 1 rings (SSSR count). The van der Waals surface area contributed by atoms with Gasteiger partial charge in [-0.2, -0.15) is 0 Å². The third-order valence-corrected chi connectivity index (χ3v) is 3.53. The van der Waals surface area contributed by atoms with E-state index in [2.05, 4.69) is 26.1 Å². The van der Waals surface area contributed by atoms with Crippen molar-refractivity contribution >= 4 is 0 Å². The summed E-state index contributed by atoms with van der Waals surface area (Å²) in [5.41, 5.74) is 0.857. The summed E-state index contributed by atoms with van der Waals surface area (Å²) in [5, 5.41) is 3.50. The van der Waals surface area contributed by atoms with Crippen LogP contribution in [0.3, 0.4) is 0 Å². The van der Waals surface area contributed by atoms with E-state index in [0.29, 0.717) is 12.0 Å². The number of benzene rings is 1. The highest BCUT2D eigenvalue weighted by molar-refractivity contribution is 5.18. The second kappa shape index (κ2) is 8.26. The molecule has 0 radical (unpaired) electrons. The molecule has 0 aromatic heterocycles. The van der Waals surface area contributed by atoms with Crippen LogP contribution in [-0.2, 0) is 6.42 Å². The molecule has 0 fully saturated rings. The second-order valence-corrected chi connectivity index (χ2v) is 5.35. The Bertz CT molecular complexity index is 379. The highest BCUT2D eigenvalue weighted by Crippen LogP contribution is 2.16. The SMILES string of the molecule is CCCNC(Cc1ccc(F)c(F)c1)CC(C)CC. The Hall–Kier alpha value is -0.960. The minimum atomic E-state index is -0.774. The molecule has 1 aromatic carbocycles. The van der Waals surface area contributed by atoms with Gasteiger partial charge in [-0.3, -0.25) is 0 Å². The van der Waals surface area contributed by atoms with Gasteiger partial charge >= 0.3 is 0 Å². The van der Waals surface area contributed by atoms with Crippen LogP contribution >= 0.6 is 0 Å². The van der Waals surface area contributed by atoms with Gasteiger partial charge in [0, 0.05) is 6.04 Å². The van der Waals surface area contributed by atoms with Gasteiger partial charge in [0.1, 0.15) is 0 Å². The number of hydrogen-bond acceptors (Lipinski definition) is 1. The summed E-state index contributed by atoms with van der Waals surface area (Å²) in [7, 11) is 0. The maximum atomic E-state index is 13.2.